The number of para-hydroxylation sites is 2. The van der Waals surface area contributed by atoms with Crippen molar-refractivity contribution in [3.05, 3.63) is 187 Å². The zero-order valence-corrected chi connectivity index (χ0v) is 31.9. The van der Waals surface area contributed by atoms with E-state index in [4.69, 9.17) is 19.9 Å². The van der Waals surface area contributed by atoms with E-state index < -0.39 is 0 Å². The lowest BCUT2D eigenvalue weighted by Gasteiger charge is -2.21. The minimum Gasteiger partial charge on any atom is -0.296 e. The van der Waals surface area contributed by atoms with Gasteiger partial charge in [0, 0.05) is 27.8 Å². The van der Waals surface area contributed by atoms with Gasteiger partial charge in [-0.15, -0.1) is 0 Å². The molecule has 0 fully saturated rings. The normalized spacial score (nSPS) is 11.4. The number of imidazole rings is 1. The summed E-state index contributed by atoms with van der Waals surface area (Å²) in [7, 11) is 0. The van der Waals surface area contributed by atoms with Crippen molar-refractivity contribution in [2.45, 2.75) is 26.2 Å². The molecule has 9 rings (SSSR count). The summed E-state index contributed by atoms with van der Waals surface area (Å²) in [5.41, 5.74) is 12.6. The molecule has 0 radical (unpaired) electrons. The van der Waals surface area contributed by atoms with Crippen LogP contribution in [-0.4, -0.2) is 24.5 Å². The molecule has 9 aromatic rings. The van der Waals surface area contributed by atoms with Crippen LogP contribution in [0.4, 0.5) is 0 Å². The Kier molecular flexibility index (Phi) is 9.04. The van der Waals surface area contributed by atoms with Crippen molar-refractivity contribution in [2.24, 2.45) is 0 Å². The van der Waals surface area contributed by atoms with E-state index in [2.05, 4.69) is 122 Å². The molecule has 6 heteroatoms. The van der Waals surface area contributed by atoms with Gasteiger partial charge in [-0.1, -0.05) is 160 Å². The van der Waals surface area contributed by atoms with Crippen LogP contribution in [0.1, 0.15) is 32.2 Å². The molecule has 0 N–H and O–H groups in total. The van der Waals surface area contributed by atoms with Gasteiger partial charge in [-0.2, -0.15) is 5.26 Å². The predicted octanol–water partition coefficient (Wildman–Crippen LogP) is 12.4. The van der Waals surface area contributed by atoms with E-state index in [1.165, 1.54) is 0 Å². The van der Waals surface area contributed by atoms with Crippen LogP contribution < -0.4 is 0 Å². The second-order valence-electron chi connectivity index (χ2n) is 15.1. The molecule has 0 unspecified atom stereocenters. The first-order chi connectivity index (χ1) is 27.8. The van der Waals surface area contributed by atoms with Gasteiger partial charge in [-0.3, -0.25) is 4.57 Å². The Labute approximate surface area is 332 Å². The van der Waals surface area contributed by atoms with Crippen LogP contribution in [-0.2, 0) is 5.41 Å². The Morgan fingerprint density at radius 3 is 1.54 bits per heavy atom. The fraction of sp³-hybridized carbons (Fsp3) is 0.0784. The molecular weight excluding hydrogens is 697 g/mol. The lowest BCUT2D eigenvalue weighted by Crippen LogP contribution is -2.18. The first-order valence-corrected chi connectivity index (χ1v) is 19.0. The molecule has 0 aliphatic carbocycles. The standard InChI is InChI=1S/C51H38N6/c1-51(2,3)50-53-44-22-10-11-23-45(44)57(50)41-30-28-35(29-31-41)42-20-13-21-43(40-19-12-14-34(32-40)33-52)46(42)36-24-26-39(27-25-36)49-55-47(37-15-6-4-7-16-37)54-48(56-49)38-17-8-5-9-18-38/h4-32H,1-3H3. The fourth-order valence-electron chi connectivity index (χ4n) is 7.40. The summed E-state index contributed by atoms with van der Waals surface area (Å²) in [5.74, 6) is 2.86. The van der Waals surface area contributed by atoms with Gasteiger partial charge in [0.25, 0.3) is 0 Å². The van der Waals surface area contributed by atoms with Gasteiger partial charge in [0.1, 0.15) is 5.82 Å². The van der Waals surface area contributed by atoms with Gasteiger partial charge < -0.3 is 0 Å². The Morgan fingerprint density at radius 1 is 0.456 bits per heavy atom. The monoisotopic (exact) mass is 734 g/mol. The highest BCUT2D eigenvalue weighted by Crippen LogP contribution is 2.41. The molecule has 0 saturated heterocycles. The van der Waals surface area contributed by atoms with Crippen molar-refractivity contribution in [2.75, 3.05) is 0 Å². The van der Waals surface area contributed by atoms with Gasteiger partial charge >= 0.3 is 0 Å². The molecule has 2 heterocycles. The topological polar surface area (TPSA) is 80.3 Å². The van der Waals surface area contributed by atoms with Crippen LogP contribution >= 0.6 is 0 Å². The summed E-state index contributed by atoms with van der Waals surface area (Å²) >= 11 is 0. The summed E-state index contributed by atoms with van der Waals surface area (Å²) in [6.07, 6.45) is 0. The molecule has 0 spiro atoms. The van der Waals surface area contributed by atoms with E-state index in [1.807, 2.05) is 84.9 Å². The van der Waals surface area contributed by atoms with Crippen LogP contribution in [0.5, 0.6) is 0 Å². The van der Waals surface area contributed by atoms with Crippen molar-refractivity contribution in [3.63, 3.8) is 0 Å². The zero-order chi connectivity index (χ0) is 38.9. The van der Waals surface area contributed by atoms with Gasteiger partial charge in [0.05, 0.1) is 22.7 Å². The smallest absolute Gasteiger partial charge is 0.164 e. The van der Waals surface area contributed by atoms with E-state index >= 15 is 0 Å². The number of fused-ring (bicyclic) bond motifs is 1. The summed E-state index contributed by atoms with van der Waals surface area (Å²) in [6, 6.07) is 62.1. The van der Waals surface area contributed by atoms with Gasteiger partial charge in [0.15, 0.2) is 17.5 Å². The number of nitriles is 1. The minimum absolute atomic E-state index is 0.156. The highest BCUT2D eigenvalue weighted by atomic mass is 15.1. The molecule has 6 nitrogen and oxygen atoms in total. The number of hydrogen-bond acceptors (Lipinski definition) is 5. The van der Waals surface area contributed by atoms with Gasteiger partial charge in [-0.25, -0.2) is 19.9 Å². The number of benzene rings is 7. The van der Waals surface area contributed by atoms with Crippen LogP contribution in [0.25, 0.3) is 84.3 Å². The van der Waals surface area contributed by atoms with Gasteiger partial charge in [-0.05, 0) is 69.8 Å². The third-order valence-corrected chi connectivity index (χ3v) is 10.2. The average molecular weight is 735 g/mol. The molecule has 0 aliphatic heterocycles. The van der Waals surface area contributed by atoms with Crippen molar-refractivity contribution in [1.82, 2.24) is 24.5 Å². The molecule has 272 valence electrons. The lowest BCUT2D eigenvalue weighted by molar-refractivity contribution is 0.539. The number of aromatic nitrogens is 5. The fourth-order valence-corrected chi connectivity index (χ4v) is 7.40. The molecule has 0 atom stereocenters. The Morgan fingerprint density at radius 2 is 0.947 bits per heavy atom. The van der Waals surface area contributed by atoms with Crippen molar-refractivity contribution >= 4 is 11.0 Å². The molecule has 2 aromatic heterocycles. The second-order valence-corrected chi connectivity index (χ2v) is 15.1. The number of rotatable bonds is 7. The highest BCUT2D eigenvalue weighted by molar-refractivity contribution is 5.95. The largest absolute Gasteiger partial charge is 0.296 e. The number of nitrogens with zero attached hydrogens (tertiary/aromatic N) is 6. The van der Waals surface area contributed by atoms with E-state index in [0.717, 1.165) is 72.6 Å². The molecule has 7 aromatic carbocycles. The third-order valence-electron chi connectivity index (χ3n) is 10.2. The quantitative estimate of drug-likeness (QED) is 0.163. The predicted molar refractivity (Wildman–Crippen MR) is 230 cm³/mol. The maximum Gasteiger partial charge on any atom is 0.164 e. The first-order valence-electron chi connectivity index (χ1n) is 19.0. The average Bonchev–Trinajstić information content (AvgIpc) is 3.68. The number of hydrogen-bond donors (Lipinski definition) is 0. The van der Waals surface area contributed by atoms with Crippen LogP contribution in [0.2, 0.25) is 0 Å². The van der Waals surface area contributed by atoms with Crippen LogP contribution in [0.3, 0.4) is 0 Å². The van der Waals surface area contributed by atoms with E-state index in [9.17, 15) is 5.26 Å². The first kappa shape index (κ1) is 35.2. The summed E-state index contributed by atoms with van der Waals surface area (Å²) in [4.78, 5) is 19.8. The van der Waals surface area contributed by atoms with E-state index in [0.29, 0.717) is 23.0 Å². The van der Waals surface area contributed by atoms with Crippen LogP contribution in [0, 0.1) is 11.3 Å². The molecule has 0 bridgehead atoms. The Hall–Kier alpha value is -7.49. The SMILES string of the molecule is CC(C)(C)c1nc2ccccc2n1-c1ccc(-c2cccc(-c3cccc(C#N)c3)c2-c2ccc(-c3nc(-c4ccccc4)nc(-c4ccccc4)n3)cc2)cc1. The third kappa shape index (κ3) is 6.88. The van der Waals surface area contributed by atoms with E-state index in [1.54, 1.807) is 0 Å². The van der Waals surface area contributed by atoms with Crippen LogP contribution in [0.15, 0.2) is 176 Å². The minimum atomic E-state index is -0.156. The summed E-state index contributed by atoms with van der Waals surface area (Å²) in [5, 5.41) is 9.82. The zero-order valence-electron chi connectivity index (χ0n) is 31.9. The van der Waals surface area contributed by atoms with Crippen molar-refractivity contribution < 1.29 is 0 Å². The Bertz CT molecular complexity index is 2860. The molecule has 0 amide bonds. The lowest BCUT2D eigenvalue weighted by atomic mass is 9.87. The molecule has 0 saturated carbocycles. The van der Waals surface area contributed by atoms with Crippen molar-refractivity contribution in [1.29, 1.82) is 5.26 Å². The summed E-state index contributed by atoms with van der Waals surface area (Å²) < 4.78 is 2.27. The Balaban J connectivity index is 1.17. The molecule has 57 heavy (non-hydrogen) atoms. The highest BCUT2D eigenvalue weighted by Gasteiger charge is 2.24. The van der Waals surface area contributed by atoms with Gasteiger partial charge in [0.2, 0.25) is 0 Å². The van der Waals surface area contributed by atoms with Crippen molar-refractivity contribution in [3.8, 4) is 79.3 Å². The maximum atomic E-state index is 9.82. The maximum absolute atomic E-state index is 9.82. The second kappa shape index (κ2) is 14.6. The molecule has 0 aliphatic rings. The summed E-state index contributed by atoms with van der Waals surface area (Å²) in [6.45, 7) is 6.61. The van der Waals surface area contributed by atoms with E-state index in [-0.39, 0.29) is 5.41 Å². The molecular formula is C51H38N6.